The number of carbonyl (C=O) groups excluding carboxylic acids is 4. The number of likely N-dealkylation sites (tertiary alicyclic amines) is 1. The fourth-order valence-electron chi connectivity index (χ4n) is 5.06. The lowest BCUT2D eigenvalue weighted by molar-refractivity contribution is -0.134. The number of rotatable bonds is 5. The Labute approximate surface area is 198 Å². The van der Waals surface area contributed by atoms with E-state index in [1.807, 2.05) is 0 Å². The minimum atomic E-state index is -1.06. The van der Waals surface area contributed by atoms with Crippen LogP contribution in [0.4, 0.5) is 9.59 Å². The van der Waals surface area contributed by atoms with E-state index in [0.29, 0.717) is 26.4 Å². The van der Waals surface area contributed by atoms with Gasteiger partial charge in [0.2, 0.25) is 11.8 Å². The number of nitrogens with zero attached hydrogens (tertiary/aromatic N) is 1. The van der Waals surface area contributed by atoms with Crippen molar-refractivity contribution in [1.29, 1.82) is 0 Å². The molecule has 0 unspecified atom stereocenters. The van der Waals surface area contributed by atoms with Crippen molar-refractivity contribution in [2.24, 2.45) is 11.8 Å². The second kappa shape index (κ2) is 8.88. The van der Waals surface area contributed by atoms with Crippen LogP contribution in [0.25, 0.3) is 0 Å². The van der Waals surface area contributed by atoms with Gasteiger partial charge in [-0.2, -0.15) is 0 Å². The van der Waals surface area contributed by atoms with Crippen LogP contribution < -0.4 is 16.0 Å². The SMILES string of the molecule is CC(C)(C)OC(=O)N[C@H]1C(=O)N(CC(C)(C)OC(=O)N[C@@H]2C(=O)N[C@@H]3COC[C@H]23)[C@H]2COC[C@@H]12. The highest BCUT2D eigenvalue weighted by Gasteiger charge is 2.53. The van der Waals surface area contributed by atoms with Crippen LogP contribution in [0.3, 0.4) is 0 Å². The quantitative estimate of drug-likeness (QED) is 0.487. The molecule has 4 saturated heterocycles. The topological polar surface area (TPSA) is 145 Å². The predicted octanol–water partition coefficient (Wildman–Crippen LogP) is -0.245. The summed E-state index contributed by atoms with van der Waals surface area (Å²) in [6, 6.07) is -1.87. The Balaban J connectivity index is 1.36. The fourth-order valence-corrected chi connectivity index (χ4v) is 5.06. The van der Waals surface area contributed by atoms with Crippen molar-refractivity contribution in [1.82, 2.24) is 20.9 Å². The lowest BCUT2D eigenvalue weighted by Crippen LogP contribution is -2.52. The molecule has 6 atom stereocenters. The highest BCUT2D eigenvalue weighted by Crippen LogP contribution is 2.33. The minimum absolute atomic E-state index is 0.0995. The van der Waals surface area contributed by atoms with E-state index in [9.17, 15) is 19.2 Å². The second-order valence-corrected chi connectivity index (χ2v) is 10.9. The van der Waals surface area contributed by atoms with Crippen molar-refractivity contribution in [2.45, 2.75) is 70.0 Å². The number of carbonyl (C=O) groups is 4. The minimum Gasteiger partial charge on any atom is -0.444 e. The zero-order valence-corrected chi connectivity index (χ0v) is 20.2. The number of alkyl carbamates (subject to hydrolysis) is 2. The molecule has 12 nitrogen and oxygen atoms in total. The van der Waals surface area contributed by atoms with E-state index in [0.717, 1.165) is 0 Å². The summed E-state index contributed by atoms with van der Waals surface area (Å²) in [5.74, 6) is -0.905. The maximum absolute atomic E-state index is 13.2. The van der Waals surface area contributed by atoms with E-state index in [2.05, 4.69) is 16.0 Å². The maximum atomic E-state index is 13.2. The maximum Gasteiger partial charge on any atom is 0.408 e. The molecule has 0 aromatic carbocycles. The molecular formula is C22H34N4O8. The summed E-state index contributed by atoms with van der Waals surface area (Å²) in [5.41, 5.74) is -1.75. The number of fused-ring (bicyclic) bond motifs is 2. The summed E-state index contributed by atoms with van der Waals surface area (Å²) in [7, 11) is 0. The van der Waals surface area contributed by atoms with Gasteiger partial charge in [0.1, 0.15) is 23.3 Å². The van der Waals surface area contributed by atoms with Gasteiger partial charge < -0.3 is 39.8 Å². The van der Waals surface area contributed by atoms with Crippen LogP contribution in [0.2, 0.25) is 0 Å². The Morgan fingerprint density at radius 1 is 0.941 bits per heavy atom. The summed E-state index contributed by atoms with van der Waals surface area (Å²) < 4.78 is 21.9. The second-order valence-electron chi connectivity index (χ2n) is 10.9. The van der Waals surface area contributed by atoms with Crippen LogP contribution in [0, 0.1) is 11.8 Å². The average Bonchev–Trinajstić information content (AvgIpc) is 3.43. The van der Waals surface area contributed by atoms with Crippen LogP contribution >= 0.6 is 0 Å². The van der Waals surface area contributed by atoms with Gasteiger partial charge in [-0.25, -0.2) is 9.59 Å². The molecule has 0 saturated carbocycles. The summed E-state index contributed by atoms with van der Waals surface area (Å²) in [6.07, 6.45) is -1.41. The van der Waals surface area contributed by atoms with Gasteiger partial charge in [0, 0.05) is 11.8 Å². The summed E-state index contributed by atoms with van der Waals surface area (Å²) in [6.45, 7) is 10.2. The Hall–Kier alpha value is -2.60. The third-order valence-corrected chi connectivity index (χ3v) is 6.50. The number of hydrogen-bond donors (Lipinski definition) is 3. The zero-order valence-electron chi connectivity index (χ0n) is 20.2. The van der Waals surface area contributed by atoms with E-state index >= 15 is 0 Å². The first kappa shape index (κ1) is 24.5. The van der Waals surface area contributed by atoms with Crippen molar-refractivity contribution < 1.29 is 38.1 Å². The molecule has 0 aromatic heterocycles. The van der Waals surface area contributed by atoms with E-state index in [-0.39, 0.29) is 42.3 Å². The molecule has 12 heteroatoms. The largest absolute Gasteiger partial charge is 0.444 e. The molecule has 4 amide bonds. The third-order valence-electron chi connectivity index (χ3n) is 6.50. The summed E-state index contributed by atoms with van der Waals surface area (Å²) in [4.78, 5) is 51.9. The molecule has 4 fully saturated rings. The number of ether oxygens (including phenoxy) is 4. The average molecular weight is 483 g/mol. The van der Waals surface area contributed by atoms with Crippen molar-refractivity contribution in [2.75, 3.05) is 33.0 Å². The molecule has 3 N–H and O–H groups in total. The van der Waals surface area contributed by atoms with Crippen molar-refractivity contribution in [3.8, 4) is 0 Å². The molecule has 0 radical (unpaired) electrons. The summed E-state index contributed by atoms with van der Waals surface area (Å²) in [5, 5.41) is 8.13. The van der Waals surface area contributed by atoms with Gasteiger partial charge in [-0.3, -0.25) is 9.59 Å². The Morgan fingerprint density at radius 3 is 2.26 bits per heavy atom. The van der Waals surface area contributed by atoms with E-state index in [1.54, 1.807) is 39.5 Å². The molecule has 0 aromatic rings. The molecule has 34 heavy (non-hydrogen) atoms. The van der Waals surface area contributed by atoms with E-state index < -0.39 is 35.5 Å². The number of amides is 4. The van der Waals surface area contributed by atoms with E-state index in [1.165, 1.54) is 0 Å². The highest BCUT2D eigenvalue weighted by atomic mass is 16.6. The first-order chi connectivity index (χ1) is 15.8. The van der Waals surface area contributed by atoms with Gasteiger partial charge >= 0.3 is 12.2 Å². The monoisotopic (exact) mass is 482 g/mol. The smallest absolute Gasteiger partial charge is 0.408 e. The van der Waals surface area contributed by atoms with Crippen LogP contribution in [0.15, 0.2) is 0 Å². The molecule has 4 aliphatic rings. The molecule has 190 valence electrons. The fraction of sp³-hybridized carbons (Fsp3) is 0.818. The van der Waals surface area contributed by atoms with Gasteiger partial charge in [0.05, 0.1) is 45.1 Å². The normalized spacial score (nSPS) is 32.8. The molecule has 0 aliphatic carbocycles. The molecule has 4 aliphatic heterocycles. The van der Waals surface area contributed by atoms with Crippen LogP contribution in [-0.2, 0) is 28.5 Å². The molecular weight excluding hydrogens is 448 g/mol. The molecule has 0 spiro atoms. The van der Waals surface area contributed by atoms with Crippen molar-refractivity contribution in [3.63, 3.8) is 0 Å². The van der Waals surface area contributed by atoms with E-state index in [4.69, 9.17) is 18.9 Å². The van der Waals surface area contributed by atoms with Gasteiger partial charge in [0.15, 0.2) is 0 Å². The molecule has 0 bridgehead atoms. The zero-order chi connectivity index (χ0) is 24.8. The van der Waals surface area contributed by atoms with Gasteiger partial charge in [-0.15, -0.1) is 0 Å². The van der Waals surface area contributed by atoms with Crippen LogP contribution in [0.5, 0.6) is 0 Å². The van der Waals surface area contributed by atoms with Crippen LogP contribution in [-0.4, -0.2) is 97.2 Å². The Morgan fingerprint density at radius 2 is 1.56 bits per heavy atom. The van der Waals surface area contributed by atoms with Crippen molar-refractivity contribution >= 4 is 24.0 Å². The highest BCUT2D eigenvalue weighted by molar-refractivity contribution is 5.89. The van der Waals surface area contributed by atoms with Crippen LogP contribution in [0.1, 0.15) is 34.6 Å². The Kier molecular flexibility index (Phi) is 6.40. The third kappa shape index (κ3) is 5.07. The summed E-state index contributed by atoms with van der Waals surface area (Å²) >= 11 is 0. The first-order valence-corrected chi connectivity index (χ1v) is 11.6. The predicted molar refractivity (Wildman–Crippen MR) is 117 cm³/mol. The first-order valence-electron chi connectivity index (χ1n) is 11.6. The van der Waals surface area contributed by atoms with Gasteiger partial charge in [0.25, 0.3) is 0 Å². The lowest BCUT2D eigenvalue weighted by atomic mass is 9.99. The van der Waals surface area contributed by atoms with Gasteiger partial charge in [-0.1, -0.05) is 0 Å². The lowest BCUT2D eigenvalue weighted by Gasteiger charge is -2.33. The number of nitrogens with one attached hydrogen (secondary N) is 3. The standard InChI is InChI=1S/C22H34N4O8/c1-21(2,3)33-19(29)25-16-12-7-32-9-14(12)26(18(16)28)10-22(4,5)34-20(30)24-15-11-6-31-8-13(11)23-17(15)27/h11-16H,6-10H2,1-5H3,(H,23,27)(H,24,30)(H,25,29)/t11-,12+,13+,14-,15-,16+/m0/s1. The molecule has 4 rings (SSSR count). The molecule has 4 heterocycles. The Bertz CT molecular complexity index is 856. The van der Waals surface area contributed by atoms with Gasteiger partial charge in [-0.05, 0) is 34.6 Å². The van der Waals surface area contributed by atoms with Crippen molar-refractivity contribution in [3.05, 3.63) is 0 Å². The number of hydrogen-bond acceptors (Lipinski definition) is 8.